The Kier molecular flexibility index (Phi) is 3.08. The van der Waals surface area contributed by atoms with E-state index >= 15 is 0 Å². The highest BCUT2D eigenvalue weighted by Gasteiger charge is 2.23. The Labute approximate surface area is 119 Å². The maximum absolute atomic E-state index is 6.14. The average molecular weight is 327 g/mol. The molecule has 1 aliphatic carbocycles. The van der Waals surface area contributed by atoms with Gasteiger partial charge in [-0.05, 0) is 53.9 Å². The van der Waals surface area contributed by atoms with Gasteiger partial charge in [-0.1, -0.05) is 11.6 Å². The molecular formula is C13H13BrClN3. The molecule has 94 valence electrons. The molecule has 0 radical (unpaired) electrons. The van der Waals surface area contributed by atoms with Gasteiger partial charge in [-0.3, -0.25) is 4.57 Å². The summed E-state index contributed by atoms with van der Waals surface area (Å²) in [7, 11) is 0. The van der Waals surface area contributed by atoms with Gasteiger partial charge >= 0.3 is 0 Å². The molecule has 1 aromatic heterocycles. The Hall–Kier alpha value is -1.00. The Morgan fingerprint density at radius 3 is 2.89 bits per heavy atom. The van der Waals surface area contributed by atoms with Gasteiger partial charge in [0.05, 0.1) is 16.4 Å². The number of benzene rings is 1. The number of anilines is 1. The Balaban J connectivity index is 2.00. The molecule has 18 heavy (non-hydrogen) atoms. The molecule has 1 saturated carbocycles. The summed E-state index contributed by atoms with van der Waals surface area (Å²) in [5.41, 5.74) is 2.02. The SMILES string of the molecule is Cc1cn(-c2ccc(Br)c(Cl)c2)c(NC2CC2)n1. The molecule has 0 aliphatic heterocycles. The van der Waals surface area contributed by atoms with Crippen LogP contribution in [0.5, 0.6) is 0 Å². The molecule has 0 atom stereocenters. The van der Waals surface area contributed by atoms with E-state index in [2.05, 4.69) is 26.2 Å². The maximum atomic E-state index is 6.14. The minimum Gasteiger partial charge on any atom is -0.353 e. The van der Waals surface area contributed by atoms with Gasteiger partial charge in [0.2, 0.25) is 5.95 Å². The number of aryl methyl sites for hydroxylation is 1. The Morgan fingerprint density at radius 1 is 1.44 bits per heavy atom. The van der Waals surface area contributed by atoms with Crippen LogP contribution >= 0.6 is 27.5 Å². The first-order valence-corrected chi connectivity index (χ1v) is 7.08. The average Bonchev–Trinajstić information content (AvgIpc) is 3.06. The van der Waals surface area contributed by atoms with Crippen LogP contribution in [-0.2, 0) is 0 Å². The number of imidazole rings is 1. The van der Waals surface area contributed by atoms with Crippen LogP contribution < -0.4 is 5.32 Å². The molecule has 0 amide bonds. The zero-order chi connectivity index (χ0) is 12.7. The van der Waals surface area contributed by atoms with E-state index < -0.39 is 0 Å². The van der Waals surface area contributed by atoms with Crippen molar-refractivity contribution in [3.05, 3.63) is 39.6 Å². The molecule has 0 saturated heterocycles. The first-order chi connectivity index (χ1) is 8.63. The van der Waals surface area contributed by atoms with Gasteiger partial charge in [-0.15, -0.1) is 0 Å². The number of nitrogens with zero attached hydrogens (tertiary/aromatic N) is 2. The van der Waals surface area contributed by atoms with Crippen molar-refractivity contribution >= 4 is 33.5 Å². The number of rotatable bonds is 3. The first kappa shape index (κ1) is 12.1. The molecule has 0 spiro atoms. The summed E-state index contributed by atoms with van der Waals surface area (Å²) in [6.07, 6.45) is 4.48. The molecule has 2 aromatic rings. The molecule has 1 aromatic carbocycles. The summed E-state index contributed by atoms with van der Waals surface area (Å²) in [6.45, 7) is 2.00. The summed E-state index contributed by atoms with van der Waals surface area (Å²) < 4.78 is 2.95. The minimum atomic E-state index is 0.580. The molecule has 1 heterocycles. The van der Waals surface area contributed by atoms with E-state index in [-0.39, 0.29) is 0 Å². The fourth-order valence-corrected chi connectivity index (χ4v) is 2.26. The molecule has 1 fully saturated rings. The van der Waals surface area contributed by atoms with E-state index in [4.69, 9.17) is 11.6 Å². The second-order valence-electron chi connectivity index (χ2n) is 4.59. The van der Waals surface area contributed by atoms with Crippen LogP contribution in [-0.4, -0.2) is 15.6 Å². The molecule has 1 N–H and O–H groups in total. The fourth-order valence-electron chi connectivity index (χ4n) is 1.84. The number of nitrogens with one attached hydrogen (secondary N) is 1. The van der Waals surface area contributed by atoms with Crippen LogP contribution in [0.15, 0.2) is 28.9 Å². The normalized spacial score (nSPS) is 14.8. The van der Waals surface area contributed by atoms with Crippen molar-refractivity contribution in [1.82, 2.24) is 9.55 Å². The van der Waals surface area contributed by atoms with Crippen LogP contribution in [0.25, 0.3) is 5.69 Å². The number of halogens is 2. The van der Waals surface area contributed by atoms with Gasteiger partial charge in [0, 0.05) is 16.7 Å². The molecule has 1 aliphatic rings. The summed E-state index contributed by atoms with van der Waals surface area (Å²) in [4.78, 5) is 4.52. The van der Waals surface area contributed by atoms with Crippen molar-refractivity contribution in [3.8, 4) is 5.69 Å². The minimum absolute atomic E-state index is 0.580. The van der Waals surface area contributed by atoms with E-state index in [0.717, 1.165) is 21.8 Å². The van der Waals surface area contributed by atoms with Crippen LogP contribution in [0.4, 0.5) is 5.95 Å². The van der Waals surface area contributed by atoms with E-state index in [1.54, 1.807) is 0 Å². The van der Waals surface area contributed by atoms with E-state index in [1.807, 2.05) is 35.9 Å². The van der Waals surface area contributed by atoms with Crippen molar-refractivity contribution < 1.29 is 0 Å². The molecule has 0 bridgehead atoms. The smallest absolute Gasteiger partial charge is 0.207 e. The highest BCUT2D eigenvalue weighted by atomic mass is 79.9. The Morgan fingerprint density at radius 2 is 2.22 bits per heavy atom. The molecule has 5 heteroatoms. The lowest BCUT2D eigenvalue weighted by Crippen LogP contribution is -2.07. The zero-order valence-electron chi connectivity index (χ0n) is 9.95. The lowest BCUT2D eigenvalue weighted by atomic mass is 10.3. The highest BCUT2D eigenvalue weighted by molar-refractivity contribution is 9.10. The topological polar surface area (TPSA) is 29.9 Å². The third-order valence-electron chi connectivity index (χ3n) is 2.92. The molecule has 3 nitrogen and oxygen atoms in total. The summed E-state index contributed by atoms with van der Waals surface area (Å²) in [5, 5.41) is 4.14. The van der Waals surface area contributed by atoms with Crippen LogP contribution in [0.2, 0.25) is 5.02 Å². The first-order valence-electron chi connectivity index (χ1n) is 5.91. The van der Waals surface area contributed by atoms with Gasteiger partial charge in [0.25, 0.3) is 0 Å². The van der Waals surface area contributed by atoms with Crippen molar-refractivity contribution in [1.29, 1.82) is 0 Å². The predicted octanol–water partition coefficient (Wildman–Crippen LogP) is 4.17. The molecule has 0 unspecified atom stereocenters. The van der Waals surface area contributed by atoms with E-state index in [0.29, 0.717) is 11.1 Å². The van der Waals surface area contributed by atoms with Gasteiger partial charge in [-0.2, -0.15) is 0 Å². The van der Waals surface area contributed by atoms with Gasteiger partial charge in [0.15, 0.2) is 0 Å². The summed E-state index contributed by atoms with van der Waals surface area (Å²) >= 11 is 9.54. The van der Waals surface area contributed by atoms with E-state index in [1.165, 1.54) is 12.8 Å². The number of hydrogen-bond acceptors (Lipinski definition) is 2. The monoisotopic (exact) mass is 325 g/mol. The van der Waals surface area contributed by atoms with E-state index in [9.17, 15) is 0 Å². The lowest BCUT2D eigenvalue weighted by Gasteiger charge is -2.09. The number of hydrogen-bond donors (Lipinski definition) is 1. The fraction of sp³-hybridized carbons (Fsp3) is 0.308. The standard InChI is InChI=1S/C13H13BrClN3/c1-8-7-18(13(16-8)17-9-2-3-9)10-4-5-11(14)12(15)6-10/h4-7,9H,2-3H2,1H3,(H,16,17). The molecular weight excluding hydrogens is 314 g/mol. The summed E-state index contributed by atoms with van der Waals surface area (Å²) in [5.74, 6) is 0.897. The largest absolute Gasteiger partial charge is 0.353 e. The lowest BCUT2D eigenvalue weighted by molar-refractivity contribution is 1.00. The van der Waals surface area contributed by atoms with Crippen LogP contribution in [0, 0.1) is 6.92 Å². The second-order valence-corrected chi connectivity index (χ2v) is 5.85. The molecule has 3 rings (SSSR count). The highest BCUT2D eigenvalue weighted by Crippen LogP contribution is 2.29. The van der Waals surface area contributed by atoms with Gasteiger partial charge in [-0.25, -0.2) is 4.98 Å². The zero-order valence-corrected chi connectivity index (χ0v) is 12.3. The number of aromatic nitrogens is 2. The maximum Gasteiger partial charge on any atom is 0.207 e. The summed E-state index contributed by atoms with van der Waals surface area (Å²) in [6, 6.07) is 6.49. The predicted molar refractivity (Wildman–Crippen MR) is 77.7 cm³/mol. The van der Waals surface area contributed by atoms with Crippen molar-refractivity contribution in [2.24, 2.45) is 0 Å². The van der Waals surface area contributed by atoms with Crippen molar-refractivity contribution in [2.45, 2.75) is 25.8 Å². The third kappa shape index (κ3) is 2.40. The Bertz CT molecular complexity index is 590. The second kappa shape index (κ2) is 4.59. The third-order valence-corrected chi connectivity index (χ3v) is 4.15. The van der Waals surface area contributed by atoms with Crippen LogP contribution in [0.3, 0.4) is 0 Å². The van der Waals surface area contributed by atoms with Gasteiger partial charge in [0.1, 0.15) is 0 Å². The van der Waals surface area contributed by atoms with Gasteiger partial charge < -0.3 is 5.32 Å². The van der Waals surface area contributed by atoms with Crippen LogP contribution in [0.1, 0.15) is 18.5 Å². The van der Waals surface area contributed by atoms with Crippen molar-refractivity contribution in [3.63, 3.8) is 0 Å². The quantitative estimate of drug-likeness (QED) is 0.917. The van der Waals surface area contributed by atoms with Crippen molar-refractivity contribution in [2.75, 3.05) is 5.32 Å².